The normalized spacial score (nSPS) is 21.0. The molecule has 0 unspecified atom stereocenters. The Morgan fingerprint density at radius 2 is 1.85 bits per heavy atom. The van der Waals surface area contributed by atoms with Crippen molar-refractivity contribution in [2.75, 3.05) is 36.5 Å². The minimum Gasteiger partial charge on any atom is -0.488 e. The number of nitrogens with zero attached hydrogens (tertiary/aromatic N) is 5. The van der Waals surface area contributed by atoms with E-state index in [9.17, 15) is 10.1 Å². The average molecular weight is 450 g/mol. The number of benzene rings is 1. The lowest BCUT2D eigenvalue weighted by Crippen LogP contribution is -2.36. The first-order valence-corrected chi connectivity index (χ1v) is 11.3. The van der Waals surface area contributed by atoms with Crippen LogP contribution in [0.15, 0.2) is 42.9 Å². The van der Waals surface area contributed by atoms with Gasteiger partial charge in [0.1, 0.15) is 23.3 Å². The summed E-state index contributed by atoms with van der Waals surface area (Å²) in [5.74, 6) is 1.43. The first kappa shape index (κ1) is 21.3. The SMILES string of the molecule is O=[N+]([O-])c1ccc(N[C@H]2CC[C@@H](Oc3cc(N4CCOCC4)cc4nccnc34)CC2)nc1. The Morgan fingerprint density at radius 1 is 1.06 bits per heavy atom. The number of hydrogen-bond acceptors (Lipinski definition) is 9. The van der Waals surface area contributed by atoms with Gasteiger partial charge in [-0.05, 0) is 37.8 Å². The Bertz CT molecular complexity index is 1110. The van der Waals surface area contributed by atoms with Crippen LogP contribution in [0.5, 0.6) is 5.75 Å². The molecule has 10 nitrogen and oxygen atoms in total. The summed E-state index contributed by atoms with van der Waals surface area (Å²) in [7, 11) is 0. The van der Waals surface area contributed by atoms with Crippen LogP contribution in [0.2, 0.25) is 0 Å². The third kappa shape index (κ3) is 4.95. The molecule has 5 rings (SSSR count). The number of anilines is 2. The van der Waals surface area contributed by atoms with Gasteiger partial charge in [0, 0.05) is 49.3 Å². The molecule has 33 heavy (non-hydrogen) atoms. The van der Waals surface area contributed by atoms with E-state index in [1.54, 1.807) is 18.5 Å². The highest BCUT2D eigenvalue weighted by molar-refractivity contribution is 5.85. The van der Waals surface area contributed by atoms with E-state index in [1.807, 2.05) is 0 Å². The molecular weight excluding hydrogens is 424 g/mol. The van der Waals surface area contributed by atoms with Crippen LogP contribution < -0.4 is 15.0 Å². The van der Waals surface area contributed by atoms with E-state index in [2.05, 4.69) is 37.3 Å². The van der Waals surface area contributed by atoms with Crippen molar-refractivity contribution in [2.24, 2.45) is 0 Å². The molecule has 1 aromatic carbocycles. The highest BCUT2D eigenvalue weighted by Gasteiger charge is 2.24. The summed E-state index contributed by atoms with van der Waals surface area (Å²) in [5.41, 5.74) is 2.69. The lowest BCUT2D eigenvalue weighted by Gasteiger charge is -2.31. The zero-order valence-electron chi connectivity index (χ0n) is 18.2. The van der Waals surface area contributed by atoms with Gasteiger partial charge in [-0.1, -0.05) is 0 Å². The second kappa shape index (κ2) is 9.53. The monoisotopic (exact) mass is 450 g/mol. The maximum absolute atomic E-state index is 10.8. The molecule has 3 heterocycles. The van der Waals surface area contributed by atoms with Crippen LogP contribution in [0.25, 0.3) is 11.0 Å². The predicted octanol–water partition coefficient (Wildman–Crippen LogP) is 3.57. The van der Waals surface area contributed by atoms with Gasteiger partial charge in [0.15, 0.2) is 0 Å². The molecule has 0 amide bonds. The summed E-state index contributed by atoms with van der Waals surface area (Å²) in [4.78, 5) is 25.8. The molecule has 1 saturated carbocycles. The van der Waals surface area contributed by atoms with Gasteiger partial charge < -0.3 is 19.7 Å². The van der Waals surface area contributed by atoms with Gasteiger partial charge in [0.25, 0.3) is 5.69 Å². The molecule has 0 spiro atoms. The lowest BCUT2D eigenvalue weighted by atomic mass is 9.93. The molecule has 10 heteroatoms. The highest BCUT2D eigenvalue weighted by atomic mass is 16.6. The number of ether oxygens (including phenoxy) is 2. The topological polar surface area (TPSA) is 116 Å². The second-order valence-corrected chi connectivity index (χ2v) is 8.36. The maximum atomic E-state index is 10.8. The number of nitrogens with one attached hydrogen (secondary N) is 1. The molecule has 1 N–H and O–H groups in total. The van der Waals surface area contributed by atoms with Crippen LogP contribution in [-0.4, -0.2) is 58.3 Å². The molecule has 3 aromatic rings. The molecule has 2 aliphatic rings. The van der Waals surface area contributed by atoms with Crippen molar-refractivity contribution in [1.82, 2.24) is 15.0 Å². The molecule has 0 radical (unpaired) electrons. The van der Waals surface area contributed by atoms with Gasteiger partial charge in [0.2, 0.25) is 0 Å². The largest absolute Gasteiger partial charge is 0.488 e. The van der Waals surface area contributed by atoms with Crippen LogP contribution in [0.1, 0.15) is 25.7 Å². The van der Waals surface area contributed by atoms with Gasteiger partial charge in [0.05, 0.1) is 29.8 Å². The molecule has 0 bridgehead atoms. The Kier molecular flexibility index (Phi) is 6.16. The van der Waals surface area contributed by atoms with E-state index in [0.717, 1.165) is 74.5 Å². The quantitative estimate of drug-likeness (QED) is 0.444. The number of nitro groups is 1. The van der Waals surface area contributed by atoms with Gasteiger partial charge in [-0.3, -0.25) is 15.1 Å². The van der Waals surface area contributed by atoms with Crippen molar-refractivity contribution in [2.45, 2.75) is 37.8 Å². The first-order valence-electron chi connectivity index (χ1n) is 11.3. The van der Waals surface area contributed by atoms with E-state index in [1.165, 1.54) is 12.3 Å². The maximum Gasteiger partial charge on any atom is 0.287 e. The van der Waals surface area contributed by atoms with E-state index < -0.39 is 4.92 Å². The predicted molar refractivity (Wildman–Crippen MR) is 124 cm³/mol. The molecule has 2 aromatic heterocycles. The van der Waals surface area contributed by atoms with Crippen molar-refractivity contribution in [1.29, 1.82) is 0 Å². The summed E-state index contributed by atoms with van der Waals surface area (Å²) in [5, 5.41) is 14.2. The number of hydrogen-bond donors (Lipinski definition) is 1. The number of pyridine rings is 1. The zero-order valence-corrected chi connectivity index (χ0v) is 18.2. The molecule has 1 aliphatic heterocycles. The van der Waals surface area contributed by atoms with E-state index >= 15 is 0 Å². The fourth-order valence-electron chi connectivity index (χ4n) is 4.42. The third-order valence-corrected chi connectivity index (χ3v) is 6.18. The Balaban J connectivity index is 1.24. The van der Waals surface area contributed by atoms with Crippen LogP contribution in [0, 0.1) is 10.1 Å². The van der Waals surface area contributed by atoms with E-state index in [4.69, 9.17) is 9.47 Å². The van der Waals surface area contributed by atoms with Crippen molar-refractivity contribution >= 4 is 28.2 Å². The minimum absolute atomic E-state index is 0.00714. The van der Waals surface area contributed by atoms with Crippen LogP contribution in [0.4, 0.5) is 17.2 Å². The van der Waals surface area contributed by atoms with Gasteiger partial charge in [-0.25, -0.2) is 9.97 Å². The van der Waals surface area contributed by atoms with Crippen molar-refractivity contribution in [3.05, 3.63) is 53.0 Å². The smallest absolute Gasteiger partial charge is 0.287 e. The van der Waals surface area contributed by atoms with Gasteiger partial charge in [-0.15, -0.1) is 0 Å². The first-order chi connectivity index (χ1) is 16.2. The van der Waals surface area contributed by atoms with E-state index in [0.29, 0.717) is 5.82 Å². The minimum atomic E-state index is -0.443. The lowest BCUT2D eigenvalue weighted by molar-refractivity contribution is -0.385. The highest BCUT2D eigenvalue weighted by Crippen LogP contribution is 2.33. The van der Waals surface area contributed by atoms with Gasteiger partial charge in [-0.2, -0.15) is 0 Å². The zero-order chi connectivity index (χ0) is 22.6. The second-order valence-electron chi connectivity index (χ2n) is 8.36. The number of rotatable bonds is 6. The molecule has 2 fully saturated rings. The molecular formula is C23H26N6O4. The van der Waals surface area contributed by atoms with Crippen molar-refractivity contribution in [3.8, 4) is 5.75 Å². The third-order valence-electron chi connectivity index (χ3n) is 6.18. The number of morpholine rings is 1. The molecule has 1 aliphatic carbocycles. The standard InChI is InChI=1S/C23H26N6O4/c30-29(31)17-3-6-22(26-15-17)27-16-1-4-19(5-2-16)33-21-14-18(28-9-11-32-12-10-28)13-20-23(21)25-8-7-24-20/h3,6-8,13-16,19H,1-2,4-5,9-12H2,(H,26,27)/t16-,19+. The Morgan fingerprint density at radius 3 is 2.58 bits per heavy atom. The summed E-state index contributed by atoms with van der Waals surface area (Å²) in [6, 6.07) is 7.53. The van der Waals surface area contributed by atoms with Crippen LogP contribution in [-0.2, 0) is 4.74 Å². The van der Waals surface area contributed by atoms with Gasteiger partial charge >= 0.3 is 0 Å². The Hall–Kier alpha value is -3.53. The molecule has 0 atom stereocenters. The summed E-state index contributed by atoms with van der Waals surface area (Å²) >= 11 is 0. The summed E-state index contributed by atoms with van der Waals surface area (Å²) in [6.45, 7) is 3.13. The molecule has 172 valence electrons. The average Bonchev–Trinajstić information content (AvgIpc) is 2.86. The van der Waals surface area contributed by atoms with Crippen LogP contribution in [0.3, 0.4) is 0 Å². The fourth-order valence-corrected chi connectivity index (χ4v) is 4.42. The number of aromatic nitrogens is 3. The summed E-state index contributed by atoms with van der Waals surface area (Å²) in [6.07, 6.45) is 8.43. The van der Waals surface area contributed by atoms with Crippen LogP contribution >= 0.6 is 0 Å². The number of fused-ring (bicyclic) bond motifs is 1. The van der Waals surface area contributed by atoms with E-state index in [-0.39, 0.29) is 17.8 Å². The van der Waals surface area contributed by atoms with Crippen molar-refractivity contribution in [3.63, 3.8) is 0 Å². The fraction of sp³-hybridized carbons (Fsp3) is 0.435. The molecule has 1 saturated heterocycles. The Labute approximate surface area is 191 Å². The summed E-state index contributed by atoms with van der Waals surface area (Å²) < 4.78 is 12.0. The van der Waals surface area contributed by atoms with Crippen molar-refractivity contribution < 1.29 is 14.4 Å².